The predicted octanol–water partition coefficient (Wildman–Crippen LogP) is 2.58. The Morgan fingerprint density at radius 2 is 1.95 bits per heavy atom. The highest BCUT2D eigenvalue weighted by Crippen LogP contribution is 2.26. The van der Waals surface area contributed by atoms with E-state index in [1.165, 1.54) is 0 Å². The molecular weight excluding hydrogens is 268 g/mol. The highest BCUT2D eigenvalue weighted by atomic mass is 16.6. The minimum Gasteiger partial charge on any atom is -0.497 e. The zero-order valence-corrected chi connectivity index (χ0v) is 13.2. The molecule has 0 spiro atoms. The van der Waals surface area contributed by atoms with Crippen LogP contribution in [0.5, 0.6) is 5.75 Å². The Hall–Kier alpha value is -1.75. The number of rotatable bonds is 2. The van der Waals surface area contributed by atoms with E-state index in [4.69, 9.17) is 9.47 Å². The first kappa shape index (κ1) is 15.6. The zero-order valence-electron chi connectivity index (χ0n) is 13.2. The molecule has 1 amide bonds. The van der Waals surface area contributed by atoms with E-state index in [2.05, 4.69) is 5.32 Å². The summed E-state index contributed by atoms with van der Waals surface area (Å²) < 4.78 is 10.7. The monoisotopic (exact) mass is 292 g/mol. The van der Waals surface area contributed by atoms with Crippen LogP contribution in [0.3, 0.4) is 0 Å². The molecule has 1 aromatic carbocycles. The Balaban J connectivity index is 2.16. The fourth-order valence-corrected chi connectivity index (χ4v) is 2.37. The van der Waals surface area contributed by atoms with Gasteiger partial charge in [0.05, 0.1) is 13.2 Å². The molecule has 1 atom stereocenters. The number of hydrogen-bond donors (Lipinski definition) is 1. The summed E-state index contributed by atoms with van der Waals surface area (Å²) in [5, 5.41) is 3.33. The van der Waals surface area contributed by atoms with Gasteiger partial charge in [0.15, 0.2) is 0 Å². The summed E-state index contributed by atoms with van der Waals surface area (Å²) in [6.45, 7) is 7.81. The quantitative estimate of drug-likeness (QED) is 0.910. The van der Waals surface area contributed by atoms with E-state index in [1.54, 1.807) is 12.0 Å². The van der Waals surface area contributed by atoms with Gasteiger partial charge in [0.1, 0.15) is 11.4 Å². The largest absolute Gasteiger partial charge is 0.497 e. The van der Waals surface area contributed by atoms with Crippen LogP contribution in [0.15, 0.2) is 24.3 Å². The molecule has 1 heterocycles. The normalized spacial score (nSPS) is 19.2. The molecule has 116 valence electrons. The maximum Gasteiger partial charge on any atom is 0.410 e. The van der Waals surface area contributed by atoms with Gasteiger partial charge in [-0.3, -0.25) is 4.90 Å². The van der Waals surface area contributed by atoms with E-state index in [-0.39, 0.29) is 12.1 Å². The third-order valence-corrected chi connectivity index (χ3v) is 3.37. The van der Waals surface area contributed by atoms with E-state index in [9.17, 15) is 4.79 Å². The van der Waals surface area contributed by atoms with E-state index in [0.29, 0.717) is 6.54 Å². The van der Waals surface area contributed by atoms with Crippen LogP contribution >= 0.6 is 0 Å². The maximum atomic E-state index is 12.4. The molecule has 1 fully saturated rings. The molecule has 0 aliphatic carbocycles. The fraction of sp³-hybridized carbons (Fsp3) is 0.562. The molecule has 0 bridgehead atoms. The molecule has 1 aliphatic heterocycles. The topological polar surface area (TPSA) is 50.8 Å². The Morgan fingerprint density at radius 1 is 1.29 bits per heavy atom. The van der Waals surface area contributed by atoms with Crippen molar-refractivity contribution in [1.82, 2.24) is 10.2 Å². The Kier molecular flexibility index (Phi) is 4.73. The summed E-state index contributed by atoms with van der Waals surface area (Å²) in [7, 11) is 1.64. The van der Waals surface area contributed by atoms with Crippen molar-refractivity contribution >= 4 is 6.09 Å². The van der Waals surface area contributed by atoms with Gasteiger partial charge in [0.25, 0.3) is 0 Å². The van der Waals surface area contributed by atoms with Crippen LogP contribution in [0.4, 0.5) is 4.79 Å². The van der Waals surface area contributed by atoms with Gasteiger partial charge in [-0.25, -0.2) is 4.79 Å². The number of nitrogens with one attached hydrogen (secondary N) is 1. The van der Waals surface area contributed by atoms with Crippen molar-refractivity contribution in [1.29, 1.82) is 0 Å². The molecule has 2 rings (SSSR count). The molecule has 1 aromatic rings. The number of benzene rings is 1. The molecule has 0 radical (unpaired) electrons. The van der Waals surface area contributed by atoms with Crippen LogP contribution in [-0.4, -0.2) is 43.3 Å². The molecule has 21 heavy (non-hydrogen) atoms. The molecule has 5 nitrogen and oxygen atoms in total. The second-order valence-electron chi connectivity index (χ2n) is 6.17. The number of piperazine rings is 1. The number of carbonyl (C=O) groups is 1. The third-order valence-electron chi connectivity index (χ3n) is 3.37. The van der Waals surface area contributed by atoms with Crippen molar-refractivity contribution in [3.8, 4) is 5.75 Å². The van der Waals surface area contributed by atoms with Crippen LogP contribution in [-0.2, 0) is 4.74 Å². The Labute approximate surface area is 126 Å². The van der Waals surface area contributed by atoms with Crippen molar-refractivity contribution in [2.75, 3.05) is 26.7 Å². The minimum absolute atomic E-state index is 0.0143. The minimum atomic E-state index is -0.480. The summed E-state index contributed by atoms with van der Waals surface area (Å²) in [5.41, 5.74) is 0.598. The first-order valence-corrected chi connectivity index (χ1v) is 7.25. The first-order valence-electron chi connectivity index (χ1n) is 7.25. The summed E-state index contributed by atoms with van der Waals surface area (Å²) in [4.78, 5) is 14.2. The average Bonchev–Trinajstić information content (AvgIpc) is 2.45. The van der Waals surface area contributed by atoms with Gasteiger partial charge in [-0.1, -0.05) is 12.1 Å². The van der Waals surface area contributed by atoms with Gasteiger partial charge >= 0.3 is 6.09 Å². The zero-order chi connectivity index (χ0) is 15.5. The highest BCUT2D eigenvalue weighted by molar-refractivity contribution is 5.69. The van der Waals surface area contributed by atoms with E-state index >= 15 is 0 Å². The number of nitrogens with zero attached hydrogens (tertiary/aromatic N) is 1. The van der Waals surface area contributed by atoms with Crippen molar-refractivity contribution in [3.05, 3.63) is 29.8 Å². The average molecular weight is 292 g/mol. The lowest BCUT2D eigenvalue weighted by Gasteiger charge is -2.37. The third kappa shape index (κ3) is 4.11. The summed E-state index contributed by atoms with van der Waals surface area (Å²) in [6, 6.07) is 7.80. The molecule has 1 N–H and O–H groups in total. The lowest BCUT2D eigenvalue weighted by atomic mass is 10.0. The standard InChI is InChI=1S/C16H24N2O3/c1-16(2,3)21-15(19)18-10-9-17-11-14(18)12-5-7-13(20-4)8-6-12/h5-8,14,17H,9-11H2,1-4H3. The number of hydrogen-bond acceptors (Lipinski definition) is 4. The van der Waals surface area contributed by atoms with Gasteiger partial charge in [0.2, 0.25) is 0 Å². The molecule has 1 unspecified atom stereocenters. The van der Waals surface area contributed by atoms with Crippen LogP contribution in [0.25, 0.3) is 0 Å². The highest BCUT2D eigenvalue weighted by Gasteiger charge is 2.31. The van der Waals surface area contributed by atoms with Gasteiger partial charge in [-0.05, 0) is 38.5 Å². The molecule has 5 heteroatoms. The predicted molar refractivity (Wildman–Crippen MR) is 81.5 cm³/mol. The maximum absolute atomic E-state index is 12.4. The second-order valence-corrected chi connectivity index (χ2v) is 6.17. The van der Waals surface area contributed by atoms with Gasteiger partial charge in [-0.2, -0.15) is 0 Å². The molecular formula is C16H24N2O3. The molecule has 0 aromatic heterocycles. The van der Waals surface area contributed by atoms with Crippen molar-refractivity contribution in [3.63, 3.8) is 0 Å². The van der Waals surface area contributed by atoms with Crippen LogP contribution < -0.4 is 10.1 Å². The van der Waals surface area contributed by atoms with Gasteiger partial charge in [-0.15, -0.1) is 0 Å². The SMILES string of the molecule is COc1ccc(C2CNCCN2C(=O)OC(C)(C)C)cc1. The van der Waals surface area contributed by atoms with Crippen molar-refractivity contribution < 1.29 is 14.3 Å². The number of methoxy groups -OCH3 is 1. The second kappa shape index (κ2) is 6.35. The number of carbonyl (C=O) groups excluding carboxylic acids is 1. The smallest absolute Gasteiger partial charge is 0.410 e. The van der Waals surface area contributed by atoms with Gasteiger partial charge < -0.3 is 14.8 Å². The lowest BCUT2D eigenvalue weighted by molar-refractivity contribution is 0.0118. The molecule has 1 saturated heterocycles. The summed E-state index contributed by atoms with van der Waals surface area (Å²) in [5.74, 6) is 0.811. The van der Waals surface area contributed by atoms with E-state index in [0.717, 1.165) is 24.4 Å². The van der Waals surface area contributed by atoms with Crippen LogP contribution in [0.2, 0.25) is 0 Å². The van der Waals surface area contributed by atoms with Crippen LogP contribution in [0, 0.1) is 0 Å². The van der Waals surface area contributed by atoms with Crippen molar-refractivity contribution in [2.24, 2.45) is 0 Å². The van der Waals surface area contributed by atoms with Gasteiger partial charge in [0, 0.05) is 19.6 Å². The lowest BCUT2D eigenvalue weighted by Crippen LogP contribution is -2.50. The fourth-order valence-electron chi connectivity index (χ4n) is 2.37. The summed E-state index contributed by atoms with van der Waals surface area (Å²) in [6.07, 6.45) is -0.259. The number of ether oxygens (including phenoxy) is 2. The first-order chi connectivity index (χ1) is 9.90. The van der Waals surface area contributed by atoms with E-state index < -0.39 is 5.60 Å². The molecule has 1 aliphatic rings. The van der Waals surface area contributed by atoms with Crippen LogP contribution in [0.1, 0.15) is 32.4 Å². The Bertz CT molecular complexity index is 479. The molecule has 0 saturated carbocycles. The number of amides is 1. The van der Waals surface area contributed by atoms with Crippen molar-refractivity contribution in [2.45, 2.75) is 32.4 Å². The Morgan fingerprint density at radius 3 is 2.52 bits per heavy atom. The summed E-state index contributed by atoms with van der Waals surface area (Å²) >= 11 is 0. The van der Waals surface area contributed by atoms with E-state index in [1.807, 2.05) is 45.0 Å².